The Morgan fingerprint density at radius 2 is 2.08 bits per heavy atom. The van der Waals surface area contributed by atoms with Crippen molar-refractivity contribution in [1.29, 1.82) is 0 Å². The molecule has 5 nitrogen and oxygen atoms in total. The second-order valence-electron chi connectivity index (χ2n) is 6.92. The van der Waals surface area contributed by atoms with E-state index in [1.165, 1.54) is 11.1 Å². The normalized spacial score (nSPS) is 18.1. The van der Waals surface area contributed by atoms with Gasteiger partial charge in [0.25, 0.3) is 0 Å². The molecule has 2 aromatic heterocycles. The second kappa shape index (κ2) is 6.68. The molecule has 1 fully saturated rings. The molecule has 3 heterocycles. The van der Waals surface area contributed by atoms with Gasteiger partial charge in [0.05, 0.1) is 21.4 Å². The molecule has 0 spiro atoms. The fraction of sp³-hybridized carbons (Fsp3) is 0.350. The summed E-state index contributed by atoms with van der Waals surface area (Å²) in [5.74, 6) is 1.10. The van der Waals surface area contributed by atoms with Crippen molar-refractivity contribution in [2.24, 2.45) is 5.92 Å². The summed E-state index contributed by atoms with van der Waals surface area (Å²) in [4.78, 5) is 20.5. The van der Waals surface area contributed by atoms with Gasteiger partial charge in [-0.2, -0.15) is 0 Å². The summed E-state index contributed by atoms with van der Waals surface area (Å²) < 4.78 is 7.31. The van der Waals surface area contributed by atoms with Gasteiger partial charge in [0, 0.05) is 30.6 Å². The number of benzene rings is 1. The Labute approximate surface area is 156 Å². The lowest BCUT2D eigenvalue weighted by atomic mass is 10.0. The smallest absolute Gasteiger partial charge is 0.220 e. The molecule has 2 atom stereocenters. The molecule has 1 amide bonds. The first kappa shape index (κ1) is 17.0. The van der Waals surface area contributed by atoms with Crippen molar-refractivity contribution in [3.8, 4) is 17.0 Å². The van der Waals surface area contributed by atoms with Gasteiger partial charge in [-0.05, 0) is 50.1 Å². The molecule has 1 saturated heterocycles. The Balaban J connectivity index is 1.70. The number of rotatable bonds is 4. The van der Waals surface area contributed by atoms with Gasteiger partial charge in [-0.3, -0.25) is 9.78 Å². The highest BCUT2D eigenvalue weighted by Crippen LogP contribution is 2.36. The highest BCUT2D eigenvalue weighted by Gasteiger charge is 2.28. The third-order valence-electron chi connectivity index (χ3n) is 5.05. The molecule has 0 saturated carbocycles. The number of aromatic nitrogens is 2. The fourth-order valence-electron chi connectivity index (χ4n) is 3.21. The van der Waals surface area contributed by atoms with Crippen molar-refractivity contribution < 1.29 is 9.53 Å². The molecular weight excluding hydrogens is 346 g/mol. The summed E-state index contributed by atoms with van der Waals surface area (Å²) in [6, 6.07) is 6.19. The zero-order chi connectivity index (χ0) is 18.3. The number of ether oxygens (including phenoxy) is 1. The summed E-state index contributed by atoms with van der Waals surface area (Å²) in [7, 11) is 0. The first-order valence-corrected chi connectivity index (χ1v) is 9.63. The molecular formula is C20H21N3O2S. The maximum atomic E-state index is 11.5. The van der Waals surface area contributed by atoms with Crippen LogP contribution in [0.1, 0.15) is 24.5 Å². The van der Waals surface area contributed by atoms with Gasteiger partial charge in [-0.1, -0.05) is 0 Å². The van der Waals surface area contributed by atoms with E-state index in [2.05, 4.69) is 41.3 Å². The average molecular weight is 367 g/mol. The number of carbonyl (C=O) groups excluding carboxylic acids is 1. The Hall–Kier alpha value is -2.47. The van der Waals surface area contributed by atoms with Gasteiger partial charge in [0.2, 0.25) is 5.91 Å². The lowest BCUT2D eigenvalue weighted by Gasteiger charge is -2.20. The first-order valence-electron chi connectivity index (χ1n) is 8.75. The number of hydrogen-bond acceptors (Lipinski definition) is 5. The monoisotopic (exact) mass is 367 g/mol. The molecule has 0 bridgehead atoms. The third-order valence-corrected chi connectivity index (χ3v) is 5.91. The van der Waals surface area contributed by atoms with Crippen molar-refractivity contribution in [3.63, 3.8) is 0 Å². The first-order chi connectivity index (χ1) is 12.5. The number of fused-ring (bicyclic) bond motifs is 1. The number of amides is 1. The summed E-state index contributed by atoms with van der Waals surface area (Å²) >= 11 is 1.57. The van der Waals surface area contributed by atoms with Crippen LogP contribution < -0.4 is 10.1 Å². The van der Waals surface area contributed by atoms with Crippen LogP contribution >= 0.6 is 11.3 Å². The molecule has 2 unspecified atom stereocenters. The topological polar surface area (TPSA) is 64.1 Å². The fourth-order valence-corrected chi connectivity index (χ4v) is 3.94. The lowest BCUT2D eigenvalue weighted by molar-refractivity contribution is -0.119. The third kappa shape index (κ3) is 3.17. The SMILES string of the molecule is Cc1cnc(-c2cc(OC(C)C3CNC(=O)C3)c3scnc3c2)cc1C. The Morgan fingerprint density at radius 3 is 2.81 bits per heavy atom. The summed E-state index contributed by atoms with van der Waals surface area (Å²) in [5.41, 5.74) is 7.04. The number of nitrogens with zero attached hydrogens (tertiary/aromatic N) is 2. The minimum absolute atomic E-state index is 0.0535. The number of nitrogens with one attached hydrogen (secondary N) is 1. The highest BCUT2D eigenvalue weighted by atomic mass is 32.1. The van der Waals surface area contributed by atoms with Gasteiger partial charge in [-0.25, -0.2) is 4.98 Å². The van der Waals surface area contributed by atoms with Crippen molar-refractivity contribution >= 4 is 27.5 Å². The molecule has 0 radical (unpaired) electrons. The van der Waals surface area contributed by atoms with E-state index >= 15 is 0 Å². The maximum Gasteiger partial charge on any atom is 0.220 e. The molecule has 26 heavy (non-hydrogen) atoms. The predicted octanol–water partition coefficient (Wildman–Crippen LogP) is 3.88. The molecule has 6 heteroatoms. The number of thiazole rings is 1. The van der Waals surface area contributed by atoms with E-state index in [0.717, 1.165) is 27.2 Å². The van der Waals surface area contributed by atoms with Crippen molar-refractivity contribution in [2.45, 2.75) is 33.3 Å². The van der Waals surface area contributed by atoms with Crippen LogP contribution in [0.15, 0.2) is 29.9 Å². The molecule has 4 rings (SSSR count). The van der Waals surface area contributed by atoms with Crippen LogP contribution in [-0.2, 0) is 4.79 Å². The molecule has 3 aromatic rings. The number of carbonyl (C=O) groups is 1. The van der Waals surface area contributed by atoms with Crippen LogP contribution in [0.5, 0.6) is 5.75 Å². The molecule has 1 N–H and O–H groups in total. The quantitative estimate of drug-likeness (QED) is 0.760. The zero-order valence-corrected chi connectivity index (χ0v) is 15.9. The van der Waals surface area contributed by atoms with Crippen LogP contribution in [0.3, 0.4) is 0 Å². The van der Waals surface area contributed by atoms with E-state index in [4.69, 9.17) is 4.74 Å². The number of pyridine rings is 1. The van der Waals surface area contributed by atoms with Crippen molar-refractivity contribution in [1.82, 2.24) is 15.3 Å². The van der Waals surface area contributed by atoms with Crippen LogP contribution in [0.2, 0.25) is 0 Å². The van der Waals surface area contributed by atoms with Gasteiger partial charge in [0.15, 0.2) is 0 Å². The van der Waals surface area contributed by atoms with E-state index in [9.17, 15) is 4.79 Å². The Kier molecular flexibility index (Phi) is 4.36. The second-order valence-corrected chi connectivity index (χ2v) is 7.77. The lowest BCUT2D eigenvalue weighted by Crippen LogP contribution is -2.25. The zero-order valence-electron chi connectivity index (χ0n) is 15.1. The average Bonchev–Trinajstić information content (AvgIpc) is 3.26. The Morgan fingerprint density at radius 1 is 1.23 bits per heavy atom. The molecule has 1 aliphatic heterocycles. The molecule has 1 aromatic carbocycles. The van der Waals surface area contributed by atoms with Crippen LogP contribution in [0, 0.1) is 19.8 Å². The van der Waals surface area contributed by atoms with E-state index in [0.29, 0.717) is 13.0 Å². The summed E-state index contributed by atoms with van der Waals surface area (Å²) in [6.07, 6.45) is 2.36. The summed E-state index contributed by atoms with van der Waals surface area (Å²) in [5, 5.41) is 2.88. The minimum Gasteiger partial charge on any atom is -0.489 e. The van der Waals surface area contributed by atoms with E-state index in [1.807, 2.05) is 24.7 Å². The number of hydrogen-bond donors (Lipinski definition) is 1. The standard InChI is InChI=1S/C20H21N3O2S/c1-11-4-16(21-8-12(11)2)14-5-17-20(26-10-23-17)18(6-14)25-13(3)15-7-19(24)22-9-15/h4-6,8,10,13,15H,7,9H2,1-3H3,(H,22,24). The van der Waals surface area contributed by atoms with Crippen LogP contribution in [0.25, 0.3) is 21.5 Å². The maximum absolute atomic E-state index is 11.5. The predicted molar refractivity (Wildman–Crippen MR) is 104 cm³/mol. The van der Waals surface area contributed by atoms with Gasteiger partial charge in [0.1, 0.15) is 11.9 Å². The largest absolute Gasteiger partial charge is 0.489 e. The summed E-state index contributed by atoms with van der Waals surface area (Å²) in [6.45, 7) is 6.84. The highest BCUT2D eigenvalue weighted by molar-refractivity contribution is 7.17. The van der Waals surface area contributed by atoms with E-state index in [1.54, 1.807) is 11.3 Å². The van der Waals surface area contributed by atoms with Gasteiger partial charge >= 0.3 is 0 Å². The molecule has 134 valence electrons. The van der Waals surface area contributed by atoms with Gasteiger partial charge in [-0.15, -0.1) is 11.3 Å². The molecule has 1 aliphatic rings. The van der Waals surface area contributed by atoms with Crippen molar-refractivity contribution in [3.05, 3.63) is 41.0 Å². The number of aryl methyl sites for hydroxylation is 2. The molecule has 0 aliphatic carbocycles. The van der Waals surface area contributed by atoms with Crippen LogP contribution in [0.4, 0.5) is 0 Å². The van der Waals surface area contributed by atoms with Gasteiger partial charge < -0.3 is 10.1 Å². The van der Waals surface area contributed by atoms with E-state index in [-0.39, 0.29) is 17.9 Å². The van der Waals surface area contributed by atoms with Crippen LogP contribution in [-0.4, -0.2) is 28.5 Å². The Bertz CT molecular complexity index is 982. The van der Waals surface area contributed by atoms with E-state index < -0.39 is 0 Å². The minimum atomic E-state index is -0.0535. The van der Waals surface area contributed by atoms with Crippen molar-refractivity contribution in [2.75, 3.05) is 6.54 Å².